The maximum Gasteiger partial charge on any atom is 0.308 e. The number of aromatic nitrogens is 1. The Labute approximate surface area is 117 Å². The summed E-state index contributed by atoms with van der Waals surface area (Å²) in [6, 6.07) is 3.52. The highest BCUT2D eigenvalue weighted by molar-refractivity contribution is 5.80. The van der Waals surface area contributed by atoms with E-state index < -0.39 is 11.9 Å². The number of carbonyl (C=O) groups excluding carboxylic acids is 1. The lowest BCUT2D eigenvalue weighted by molar-refractivity contribution is -0.146. The van der Waals surface area contributed by atoms with Crippen LogP contribution >= 0.6 is 0 Å². The Bertz CT molecular complexity index is 513. The molecule has 2 atom stereocenters. The van der Waals surface area contributed by atoms with E-state index in [4.69, 9.17) is 0 Å². The number of aliphatic carboxylic acids is 1. The number of amides is 1. The van der Waals surface area contributed by atoms with Crippen molar-refractivity contribution >= 4 is 11.9 Å². The molecule has 2 aliphatic rings. The lowest BCUT2D eigenvalue weighted by atomic mass is 9.90. The van der Waals surface area contributed by atoms with Crippen molar-refractivity contribution in [1.29, 1.82) is 0 Å². The van der Waals surface area contributed by atoms with E-state index >= 15 is 0 Å². The number of carbonyl (C=O) groups is 2. The van der Waals surface area contributed by atoms with Crippen LogP contribution in [0, 0.1) is 5.92 Å². The fourth-order valence-electron chi connectivity index (χ4n) is 3.09. The molecule has 0 bridgehead atoms. The molecule has 5 heteroatoms. The summed E-state index contributed by atoms with van der Waals surface area (Å²) in [6.07, 6.45) is 6.97. The molecule has 3 rings (SSSR count). The molecule has 1 aliphatic heterocycles. The minimum atomic E-state index is -0.820. The van der Waals surface area contributed by atoms with Crippen LogP contribution in [-0.4, -0.2) is 32.9 Å². The Kier molecular flexibility index (Phi) is 3.42. The van der Waals surface area contributed by atoms with Crippen molar-refractivity contribution in [2.24, 2.45) is 5.92 Å². The third-order valence-corrected chi connectivity index (χ3v) is 4.16. The lowest BCUT2D eigenvalue weighted by Crippen LogP contribution is -2.40. The van der Waals surface area contributed by atoms with Crippen molar-refractivity contribution in [3.63, 3.8) is 0 Å². The van der Waals surface area contributed by atoms with Crippen LogP contribution in [0.1, 0.15) is 43.7 Å². The Morgan fingerprint density at radius 3 is 2.75 bits per heavy atom. The van der Waals surface area contributed by atoms with Gasteiger partial charge in [0.2, 0.25) is 5.91 Å². The Morgan fingerprint density at radius 1 is 1.35 bits per heavy atom. The predicted octanol–water partition coefficient (Wildman–Crippen LogP) is 2.00. The van der Waals surface area contributed by atoms with Crippen LogP contribution in [0.2, 0.25) is 0 Å². The molecule has 1 aromatic heterocycles. The standard InChI is InChI=1S/C15H18N2O3/c18-13-5-1-4-12(15(19)20)14(17(13)11-6-7-11)10-3-2-8-16-9-10/h2-3,8-9,11-12,14H,1,4-7H2,(H,19,20). The quantitative estimate of drug-likeness (QED) is 0.915. The average Bonchev–Trinajstić information content (AvgIpc) is 3.26. The summed E-state index contributed by atoms with van der Waals surface area (Å²) in [4.78, 5) is 29.9. The van der Waals surface area contributed by atoms with Crippen molar-refractivity contribution in [3.05, 3.63) is 30.1 Å². The molecule has 0 aromatic carbocycles. The zero-order valence-corrected chi connectivity index (χ0v) is 11.2. The van der Waals surface area contributed by atoms with Crippen LogP contribution < -0.4 is 0 Å². The number of likely N-dealkylation sites (tertiary alicyclic amines) is 1. The highest BCUT2D eigenvalue weighted by Crippen LogP contribution is 2.42. The molecular formula is C15H18N2O3. The van der Waals surface area contributed by atoms with Crippen LogP contribution in [0.5, 0.6) is 0 Å². The Balaban J connectivity index is 2.03. The zero-order valence-electron chi connectivity index (χ0n) is 11.2. The minimum absolute atomic E-state index is 0.0881. The second-order valence-corrected chi connectivity index (χ2v) is 5.60. The van der Waals surface area contributed by atoms with Gasteiger partial charge in [0.15, 0.2) is 0 Å². The smallest absolute Gasteiger partial charge is 0.308 e. The molecule has 1 N–H and O–H groups in total. The molecule has 1 amide bonds. The minimum Gasteiger partial charge on any atom is -0.481 e. The highest BCUT2D eigenvalue weighted by Gasteiger charge is 2.44. The van der Waals surface area contributed by atoms with Crippen LogP contribution in [0.25, 0.3) is 0 Å². The summed E-state index contributed by atoms with van der Waals surface area (Å²) in [5.41, 5.74) is 0.835. The predicted molar refractivity (Wildman–Crippen MR) is 71.8 cm³/mol. The van der Waals surface area contributed by atoms with Crippen LogP contribution in [0.3, 0.4) is 0 Å². The Hall–Kier alpha value is -1.91. The van der Waals surface area contributed by atoms with Gasteiger partial charge in [0.1, 0.15) is 0 Å². The normalized spacial score (nSPS) is 27.2. The number of carboxylic acids is 1. The second-order valence-electron chi connectivity index (χ2n) is 5.60. The third kappa shape index (κ3) is 2.40. The van der Waals surface area contributed by atoms with Crippen molar-refractivity contribution < 1.29 is 14.7 Å². The first-order chi connectivity index (χ1) is 9.68. The maximum atomic E-state index is 12.4. The zero-order chi connectivity index (χ0) is 14.1. The fraction of sp³-hybridized carbons (Fsp3) is 0.533. The molecule has 2 heterocycles. The second kappa shape index (κ2) is 5.23. The summed E-state index contributed by atoms with van der Waals surface area (Å²) in [5.74, 6) is -1.27. The molecule has 2 fully saturated rings. The maximum absolute atomic E-state index is 12.4. The lowest BCUT2D eigenvalue weighted by Gasteiger charge is -2.33. The van der Waals surface area contributed by atoms with E-state index in [1.807, 2.05) is 11.0 Å². The number of pyridine rings is 1. The molecule has 1 aliphatic carbocycles. The van der Waals surface area contributed by atoms with Crippen molar-refractivity contribution in [1.82, 2.24) is 9.88 Å². The molecule has 5 nitrogen and oxygen atoms in total. The first-order valence-corrected chi connectivity index (χ1v) is 7.12. The van der Waals surface area contributed by atoms with Gasteiger partial charge in [-0.2, -0.15) is 0 Å². The van der Waals surface area contributed by atoms with Gasteiger partial charge in [-0.3, -0.25) is 14.6 Å². The van der Waals surface area contributed by atoms with E-state index in [9.17, 15) is 14.7 Å². The van der Waals surface area contributed by atoms with Gasteiger partial charge in [-0.15, -0.1) is 0 Å². The number of nitrogens with zero attached hydrogens (tertiary/aromatic N) is 2. The number of hydrogen-bond donors (Lipinski definition) is 1. The summed E-state index contributed by atoms with van der Waals surface area (Å²) in [6.45, 7) is 0. The van der Waals surface area contributed by atoms with E-state index in [0.717, 1.165) is 18.4 Å². The van der Waals surface area contributed by atoms with Crippen LogP contribution in [0.4, 0.5) is 0 Å². The van der Waals surface area contributed by atoms with Crippen molar-refractivity contribution in [3.8, 4) is 0 Å². The topological polar surface area (TPSA) is 70.5 Å². The molecule has 106 valence electrons. The summed E-state index contributed by atoms with van der Waals surface area (Å²) in [7, 11) is 0. The van der Waals surface area contributed by atoms with E-state index in [-0.39, 0.29) is 18.0 Å². The van der Waals surface area contributed by atoms with E-state index in [0.29, 0.717) is 19.3 Å². The SMILES string of the molecule is O=C(O)C1CCCC(=O)N(C2CC2)C1c1cccnc1. The van der Waals surface area contributed by atoms with Crippen LogP contribution in [-0.2, 0) is 9.59 Å². The third-order valence-electron chi connectivity index (χ3n) is 4.16. The summed E-state index contributed by atoms with van der Waals surface area (Å²) >= 11 is 0. The monoisotopic (exact) mass is 274 g/mol. The fourth-order valence-corrected chi connectivity index (χ4v) is 3.09. The number of hydrogen-bond acceptors (Lipinski definition) is 3. The van der Waals surface area contributed by atoms with Gasteiger partial charge >= 0.3 is 5.97 Å². The molecule has 2 unspecified atom stereocenters. The van der Waals surface area contributed by atoms with Gasteiger partial charge in [0.25, 0.3) is 0 Å². The van der Waals surface area contributed by atoms with Crippen LogP contribution in [0.15, 0.2) is 24.5 Å². The molecular weight excluding hydrogens is 256 g/mol. The van der Waals surface area contributed by atoms with Crippen molar-refractivity contribution in [2.75, 3.05) is 0 Å². The largest absolute Gasteiger partial charge is 0.481 e. The number of carboxylic acid groups (broad SMARTS) is 1. The first kappa shape index (κ1) is 13.1. The average molecular weight is 274 g/mol. The molecule has 0 radical (unpaired) electrons. The summed E-state index contributed by atoms with van der Waals surface area (Å²) in [5, 5.41) is 9.54. The first-order valence-electron chi connectivity index (χ1n) is 7.12. The molecule has 1 aromatic rings. The van der Waals surface area contributed by atoms with Gasteiger partial charge in [-0.1, -0.05) is 6.07 Å². The molecule has 1 saturated heterocycles. The molecule has 0 spiro atoms. The Morgan fingerprint density at radius 2 is 2.15 bits per heavy atom. The van der Waals surface area contributed by atoms with E-state index in [1.165, 1.54) is 0 Å². The van der Waals surface area contributed by atoms with Gasteiger partial charge in [-0.05, 0) is 37.3 Å². The van der Waals surface area contributed by atoms with Gasteiger partial charge in [-0.25, -0.2) is 0 Å². The van der Waals surface area contributed by atoms with Gasteiger partial charge in [0.05, 0.1) is 12.0 Å². The van der Waals surface area contributed by atoms with Gasteiger partial charge < -0.3 is 10.0 Å². The molecule has 20 heavy (non-hydrogen) atoms. The van der Waals surface area contributed by atoms with Crippen molar-refractivity contribution in [2.45, 2.75) is 44.2 Å². The summed E-state index contributed by atoms with van der Waals surface area (Å²) < 4.78 is 0. The van der Waals surface area contributed by atoms with E-state index in [2.05, 4.69) is 4.98 Å². The van der Waals surface area contributed by atoms with E-state index in [1.54, 1.807) is 18.5 Å². The molecule has 1 saturated carbocycles. The van der Waals surface area contributed by atoms with Gasteiger partial charge in [0, 0.05) is 24.9 Å². The number of rotatable bonds is 3. The highest BCUT2D eigenvalue weighted by atomic mass is 16.4.